The van der Waals surface area contributed by atoms with Gasteiger partial charge in [0.15, 0.2) is 0 Å². The van der Waals surface area contributed by atoms with Crippen molar-refractivity contribution in [1.29, 1.82) is 0 Å². The number of halogens is 1. The molecule has 0 saturated heterocycles. The number of nitrogens with zero attached hydrogens (tertiary/aromatic N) is 3. The lowest BCUT2D eigenvalue weighted by atomic mass is 10.2. The van der Waals surface area contributed by atoms with E-state index in [2.05, 4.69) is 10.2 Å². The van der Waals surface area contributed by atoms with Gasteiger partial charge >= 0.3 is 5.97 Å². The van der Waals surface area contributed by atoms with E-state index in [1.807, 2.05) is 30.1 Å². The van der Waals surface area contributed by atoms with Crippen LogP contribution in [0, 0.1) is 0 Å². The summed E-state index contributed by atoms with van der Waals surface area (Å²) in [5.41, 5.74) is 0.700. The molecule has 0 unspecified atom stereocenters. The molecule has 0 spiro atoms. The molecule has 0 amide bonds. The van der Waals surface area contributed by atoms with Crippen LogP contribution in [0.2, 0.25) is 5.02 Å². The van der Waals surface area contributed by atoms with Crippen molar-refractivity contribution >= 4 is 17.6 Å². The minimum absolute atomic E-state index is 0.152. The van der Waals surface area contributed by atoms with E-state index in [0.29, 0.717) is 41.9 Å². The maximum atomic E-state index is 10.5. The van der Waals surface area contributed by atoms with Gasteiger partial charge < -0.3 is 9.52 Å². The van der Waals surface area contributed by atoms with Crippen molar-refractivity contribution in [3.8, 4) is 11.5 Å². The molecule has 0 saturated carbocycles. The number of benzene rings is 1. The Hall–Kier alpha value is -1.92. The Labute approximate surface area is 127 Å². The van der Waals surface area contributed by atoms with E-state index < -0.39 is 5.97 Å². The Bertz CT molecular complexity index is 615. The zero-order valence-corrected chi connectivity index (χ0v) is 12.4. The second-order valence-electron chi connectivity index (χ2n) is 4.72. The van der Waals surface area contributed by atoms with E-state index in [1.54, 1.807) is 6.07 Å². The van der Waals surface area contributed by atoms with Gasteiger partial charge in [-0.2, -0.15) is 0 Å². The lowest BCUT2D eigenvalue weighted by Crippen LogP contribution is -2.20. The highest BCUT2D eigenvalue weighted by Gasteiger charge is 2.12. The summed E-state index contributed by atoms with van der Waals surface area (Å²) in [6.07, 6.45) is 0.733. The molecule has 2 aromatic rings. The van der Waals surface area contributed by atoms with Crippen LogP contribution in [0.25, 0.3) is 11.5 Å². The molecule has 2 rings (SSSR count). The molecule has 112 valence electrons. The second-order valence-corrected chi connectivity index (χ2v) is 5.12. The third-order valence-electron chi connectivity index (χ3n) is 2.91. The molecule has 21 heavy (non-hydrogen) atoms. The van der Waals surface area contributed by atoms with E-state index in [9.17, 15) is 4.79 Å². The third-order valence-corrected chi connectivity index (χ3v) is 3.24. The number of rotatable bonds is 7. The van der Waals surface area contributed by atoms with Crippen molar-refractivity contribution in [2.75, 3.05) is 13.6 Å². The van der Waals surface area contributed by atoms with Crippen molar-refractivity contribution in [2.24, 2.45) is 0 Å². The third kappa shape index (κ3) is 4.54. The molecule has 1 aromatic carbocycles. The van der Waals surface area contributed by atoms with E-state index in [-0.39, 0.29) is 6.42 Å². The van der Waals surface area contributed by atoms with Gasteiger partial charge in [-0.05, 0) is 32.1 Å². The number of aliphatic carboxylic acids is 1. The molecule has 1 aromatic heterocycles. The fraction of sp³-hybridized carbons (Fsp3) is 0.357. The van der Waals surface area contributed by atoms with Gasteiger partial charge in [0.2, 0.25) is 11.8 Å². The van der Waals surface area contributed by atoms with Crippen molar-refractivity contribution in [3.05, 3.63) is 35.2 Å². The first-order valence-corrected chi connectivity index (χ1v) is 6.91. The lowest BCUT2D eigenvalue weighted by Gasteiger charge is -2.12. The molecule has 1 N–H and O–H groups in total. The van der Waals surface area contributed by atoms with Crippen LogP contribution in [0.3, 0.4) is 0 Å². The summed E-state index contributed by atoms with van der Waals surface area (Å²) in [6.45, 7) is 1.12. The van der Waals surface area contributed by atoms with Gasteiger partial charge in [0.25, 0.3) is 0 Å². The van der Waals surface area contributed by atoms with Gasteiger partial charge in [0, 0.05) is 6.42 Å². The van der Waals surface area contributed by atoms with Crippen LogP contribution in [0.5, 0.6) is 0 Å². The Morgan fingerprint density at radius 2 is 2.14 bits per heavy atom. The van der Waals surface area contributed by atoms with Gasteiger partial charge in [-0.15, -0.1) is 10.2 Å². The standard InChI is InChI=1S/C14H16ClN3O3/c1-18(8-4-7-13(19)20)9-12-16-17-14(21-12)10-5-2-3-6-11(10)15/h2-3,5-6H,4,7-9H2,1H3,(H,19,20). The highest BCUT2D eigenvalue weighted by molar-refractivity contribution is 6.33. The molecule has 1 heterocycles. The predicted octanol–water partition coefficient (Wildman–Crippen LogP) is 2.69. The van der Waals surface area contributed by atoms with Crippen molar-refractivity contribution in [3.63, 3.8) is 0 Å². The molecule has 0 atom stereocenters. The lowest BCUT2D eigenvalue weighted by molar-refractivity contribution is -0.137. The first kappa shape index (κ1) is 15.5. The summed E-state index contributed by atoms with van der Waals surface area (Å²) in [6, 6.07) is 7.26. The molecule has 0 bridgehead atoms. The van der Waals surface area contributed by atoms with Crippen molar-refractivity contribution in [1.82, 2.24) is 15.1 Å². The second kappa shape index (κ2) is 7.19. The van der Waals surface area contributed by atoms with Crippen LogP contribution >= 0.6 is 11.6 Å². The van der Waals surface area contributed by atoms with Gasteiger partial charge in [-0.3, -0.25) is 9.69 Å². The summed E-state index contributed by atoms with van der Waals surface area (Å²) in [7, 11) is 1.88. The smallest absolute Gasteiger partial charge is 0.303 e. The zero-order chi connectivity index (χ0) is 15.2. The molecule has 0 radical (unpaired) electrons. The molecule has 0 fully saturated rings. The Kier molecular flexibility index (Phi) is 5.30. The molecule has 0 aliphatic carbocycles. The SMILES string of the molecule is CN(CCCC(=O)O)Cc1nnc(-c2ccccc2Cl)o1. The van der Waals surface area contributed by atoms with E-state index in [4.69, 9.17) is 21.1 Å². The van der Waals surface area contributed by atoms with Crippen LogP contribution in [0.1, 0.15) is 18.7 Å². The average Bonchev–Trinajstić information content (AvgIpc) is 2.87. The quantitative estimate of drug-likeness (QED) is 0.847. The Balaban J connectivity index is 1.94. The van der Waals surface area contributed by atoms with Crippen LogP contribution in [-0.2, 0) is 11.3 Å². The maximum absolute atomic E-state index is 10.5. The fourth-order valence-corrected chi connectivity index (χ4v) is 2.09. The molecule has 0 aliphatic heterocycles. The summed E-state index contributed by atoms with van der Waals surface area (Å²) in [5.74, 6) is 0.0690. The summed E-state index contributed by atoms with van der Waals surface area (Å²) in [5, 5.41) is 17.1. The highest BCUT2D eigenvalue weighted by atomic mass is 35.5. The van der Waals surface area contributed by atoms with E-state index >= 15 is 0 Å². The molecular formula is C14H16ClN3O3. The first-order chi connectivity index (χ1) is 10.1. The molecule has 0 aliphatic rings. The van der Waals surface area contributed by atoms with Crippen LogP contribution in [0.4, 0.5) is 0 Å². The predicted molar refractivity (Wildman–Crippen MR) is 77.9 cm³/mol. The topological polar surface area (TPSA) is 79.5 Å². The zero-order valence-electron chi connectivity index (χ0n) is 11.6. The Morgan fingerprint density at radius 1 is 1.38 bits per heavy atom. The number of carboxylic acid groups (broad SMARTS) is 1. The fourth-order valence-electron chi connectivity index (χ4n) is 1.87. The van der Waals surface area contributed by atoms with Gasteiger partial charge in [0.05, 0.1) is 17.1 Å². The first-order valence-electron chi connectivity index (χ1n) is 6.54. The number of aromatic nitrogens is 2. The van der Waals surface area contributed by atoms with Gasteiger partial charge in [0.1, 0.15) is 0 Å². The molecular weight excluding hydrogens is 294 g/mol. The van der Waals surface area contributed by atoms with Crippen molar-refractivity contribution < 1.29 is 14.3 Å². The minimum Gasteiger partial charge on any atom is -0.481 e. The average molecular weight is 310 g/mol. The summed E-state index contributed by atoms with van der Waals surface area (Å²) < 4.78 is 5.58. The largest absolute Gasteiger partial charge is 0.481 e. The van der Waals surface area contributed by atoms with E-state index in [1.165, 1.54) is 0 Å². The molecule has 7 heteroatoms. The highest BCUT2D eigenvalue weighted by Crippen LogP contribution is 2.26. The van der Waals surface area contributed by atoms with Crippen LogP contribution in [0.15, 0.2) is 28.7 Å². The van der Waals surface area contributed by atoms with Crippen molar-refractivity contribution in [2.45, 2.75) is 19.4 Å². The van der Waals surface area contributed by atoms with Crippen LogP contribution in [-0.4, -0.2) is 39.8 Å². The maximum Gasteiger partial charge on any atom is 0.303 e. The number of hydrogen-bond acceptors (Lipinski definition) is 5. The minimum atomic E-state index is -0.790. The van der Waals surface area contributed by atoms with E-state index in [0.717, 1.165) is 0 Å². The summed E-state index contributed by atoms with van der Waals surface area (Å²) in [4.78, 5) is 12.4. The summed E-state index contributed by atoms with van der Waals surface area (Å²) >= 11 is 6.08. The number of carboxylic acids is 1. The van der Waals surface area contributed by atoms with Gasteiger partial charge in [-0.1, -0.05) is 23.7 Å². The monoisotopic (exact) mass is 309 g/mol. The normalized spacial score (nSPS) is 11.0. The number of hydrogen-bond donors (Lipinski definition) is 1. The van der Waals surface area contributed by atoms with Gasteiger partial charge in [-0.25, -0.2) is 0 Å². The molecule has 6 nitrogen and oxygen atoms in total. The number of carbonyl (C=O) groups is 1. The van der Waals surface area contributed by atoms with Crippen LogP contribution < -0.4 is 0 Å². The Morgan fingerprint density at radius 3 is 2.86 bits per heavy atom.